The van der Waals surface area contributed by atoms with Crippen molar-refractivity contribution in [2.75, 3.05) is 6.61 Å². The maximum absolute atomic E-state index is 5.60. The van der Waals surface area contributed by atoms with Crippen LogP contribution < -0.4 is 5.32 Å². The highest BCUT2D eigenvalue weighted by Crippen LogP contribution is 2.19. The molecule has 0 saturated carbocycles. The van der Waals surface area contributed by atoms with E-state index in [0.717, 1.165) is 0 Å². The number of hydrogen-bond donors (Lipinski definition) is 1. The Kier molecular flexibility index (Phi) is 2.23. The Bertz CT molecular complexity index is 272. The lowest BCUT2D eigenvalue weighted by atomic mass is 10.2. The number of nitrogens with one attached hydrogen (secondary N) is 1. The van der Waals surface area contributed by atoms with Gasteiger partial charge in [-0.1, -0.05) is 38.2 Å². The maximum Gasteiger partial charge on any atom is 0.130 e. The van der Waals surface area contributed by atoms with Crippen LogP contribution >= 0.6 is 0 Å². The lowest BCUT2D eigenvalue weighted by Crippen LogP contribution is -2.27. The average molecular weight is 177 g/mol. The fourth-order valence-corrected chi connectivity index (χ4v) is 1.53. The molecule has 0 aromatic carbocycles. The van der Waals surface area contributed by atoms with Gasteiger partial charge in [0.05, 0.1) is 6.61 Å². The first-order chi connectivity index (χ1) is 6.27. The predicted octanol–water partition coefficient (Wildman–Crippen LogP) is 1.97. The summed E-state index contributed by atoms with van der Waals surface area (Å²) in [6.45, 7) is 5.03. The van der Waals surface area contributed by atoms with Gasteiger partial charge in [-0.05, 0) is 11.5 Å². The van der Waals surface area contributed by atoms with Crippen LogP contribution in [-0.4, -0.2) is 12.8 Å². The molecule has 1 aliphatic carbocycles. The quantitative estimate of drug-likeness (QED) is 0.661. The third kappa shape index (κ3) is 1.68. The molecule has 1 fully saturated rings. The first-order valence-electron chi connectivity index (χ1n) is 4.73. The third-order valence-corrected chi connectivity index (χ3v) is 2.34. The van der Waals surface area contributed by atoms with Gasteiger partial charge >= 0.3 is 0 Å². The largest absolute Gasteiger partial charge is 0.361 e. The van der Waals surface area contributed by atoms with Gasteiger partial charge in [0.25, 0.3) is 0 Å². The molecule has 0 aromatic heterocycles. The van der Waals surface area contributed by atoms with Crippen LogP contribution in [0.2, 0.25) is 0 Å². The molecule has 13 heavy (non-hydrogen) atoms. The highest BCUT2D eigenvalue weighted by molar-refractivity contribution is 5.43. The van der Waals surface area contributed by atoms with Gasteiger partial charge in [-0.15, -0.1) is 0 Å². The summed E-state index contributed by atoms with van der Waals surface area (Å²) < 4.78 is 5.60. The number of ether oxygens (including phenoxy) is 1. The van der Waals surface area contributed by atoms with E-state index in [1.807, 2.05) is 12.2 Å². The standard InChI is InChI=1S/C11H15NO/c1-8(2)11-12-10(7-13-11)9-5-3-4-6-9/h3-6,8,11-12H,7H2,1-2H3/t11-/m1/s1. The van der Waals surface area contributed by atoms with E-state index in [9.17, 15) is 0 Å². The molecular weight excluding hydrogens is 162 g/mol. The van der Waals surface area contributed by atoms with Gasteiger partial charge in [0.2, 0.25) is 0 Å². The zero-order valence-electron chi connectivity index (χ0n) is 8.08. The van der Waals surface area contributed by atoms with E-state index in [0.29, 0.717) is 12.5 Å². The summed E-state index contributed by atoms with van der Waals surface area (Å²) in [7, 11) is 0. The van der Waals surface area contributed by atoms with E-state index in [1.165, 1.54) is 11.3 Å². The Morgan fingerprint density at radius 3 is 2.62 bits per heavy atom. The molecule has 1 N–H and O–H groups in total. The van der Waals surface area contributed by atoms with Crippen molar-refractivity contribution in [2.24, 2.45) is 5.92 Å². The molecule has 0 unspecified atom stereocenters. The van der Waals surface area contributed by atoms with Crippen molar-refractivity contribution in [1.29, 1.82) is 0 Å². The number of allylic oxidation sites excluding steroid dienone is 5. The van der Waals surface area contributed by atoms with Gasteiger partial charge in [0.15, 0.2) is 0 Å². The van der Waals surface area contributed by atoms with E-state index in [1.54, 1.807) is 0 Å². The summed E-state index contributed by atoms with van der Waals surface area (Å²) in [5, 5.41) is 3.39. The zero-order chi connectivity index (χ0) is 9.26. The fourth-order valence-electron chi connectivity index (χ4n) is 1.53. The summed E-state index contributed by atoms with van der Waals surface area (Å²) in [4.78, 5) is 0. The van der Waals surface area contributed by atoms with E-state index >= 15 is 0 Å². The second-order valence-corrected chi connectivity index (χ2v) is 3.77. The summed E-state index contributed by atoms with van der Waals surface area (Å²) in [6, 6.07) is 0. The first kappa shape index (κ1) is 8.57. The SMILES string of the molecule is CC(C)[C@@H]1NC(=C2C=CC=C2)CO1. The normalized spacial score (nSPS) is 26.2. The smallest absolute Gasteiger partial charge is 0.130 e. The molecule has 1 heterocycles. The molecule has 70 valence electrons. The van der Waals surface area contributed by atoms with Gasteiger partial charge in [0.1, 0.15) is 6.23 Å². The summed E-state index contributed by atoms with van der Waals surface area (Å²) in [6.07, 6.45) is 8.49. The van der Waals surface area contributed by atoms with Crippen molar-refractivity contribution in [3.05, 3.63) is 35.6 Å². The Morgan fingerprint density at radius 1 is 1.38 bits per heavy atom. The van der Waals surface area contributed by atoms with E-state index < -0.39 is 0 Å². The molecule has 2 aliphatic rings. The Balaban J connectivity index is 2.10. The lowest BCUT2D eigenvalue weighted by Gasteiger charge is -2.13. The molecule has 0 aromatic rings. The minimum atomic E-state index is 0.185. The molecule has 0 spiro atoms. The third-order valence-electron chi connectivity index (χ3n) is 2.34. The Hall–Kier alpha value is -1.02. The molecule has 1 aliphatic heterocycles. The van der Waals surface area contributed by atoms with Crippen LogP contribution in [0.4, 0.5) is 0 Å². The van der Waals surface area contributed by atoms with E-state index in [4.69, 9.17) is 4.74 Å². The number of rotatable bonds is 1. The van der Waals surface area contributed by atoms with Gasteiger partial charge in [-0.2, -0.15) is 0 Å². The van der Waals surface area contributed by atoms with E-state index in [-0.39, 0.29) is 6.23 Å². The van der Waals surface area contributed by atoms with Crippen molar-refractivity contribution in [3.63, 3.8) is 0 Å². The summed E-state index contributed by atoms with van der Waals surface area (Å²) in [5.41, 5.74) is 2.46. The summed E-state index contributed by atoms with van der Waals surface area (Å²) >= 11 is 0. The molecule has 1 saturated heterocycles. The van der Waals surface area contributed by atoms with E-state index in [2.05, 4.69) is 31.3 Å². The molecule has 0 bridgehead atoms. The van der Waals surface area contributed by atoms with Crippen molar-refractivity contribution in [2.45, 2.75) is 20.1 Å². The van der Waals surface area contributed by atoms with Crippen molar-refractivity contribution < 1.29 is 4.74 Å². The molecule has 2 nitrogen and oxygen atoms in total. The molecule has 0 amide bonds. The lowest BCUT2D eigenvalue weighted by molar-refractivity contribution is 0.0653. The van der Waals surface area contributed by atoms with Crippen LogP contribution in [0.5, 0.6) is 0 Å². The van der Waals surface area contributed by atoms with Gasteiger partial charge in [-0.3, -0.25) is 0 Å². The van der Waals surface area contributed by atoms with Crippen LogP contribution in [0.25, 0.3) is 0 Å². The molecule has 2 heteroatoms. The van der Waals surface area contributed by atoms with Crippen LogP contribution in [0.3, 0.4) is 0 Å². The monoisotopic (exact) mass is 177 g/mol. The average Bonchev–Trinajstić information content (AvgIpc) is 2.75. The van der Waals surface area contributed by atoms with Crippen LogP contribution in [0.1, 0.15) is 13.8 Å². The van der Waals surface area contributed by atoms with Crippen molar-refractivity contribution >= 4 is 0 Å². The molecular formula is C11H15NO. The predicted molar refractivity (Wildman–Crippen MR) is 53.0 cm³/mol. The van der Waals surface area contributed by atoms with Gasteiger partial charge in [0, 0.05) is 5.70 Å². The topological polar surface area (TPSA) is 21.3 Å². The molecule has 0 radical (unpaired) electrons. The Labute approximate surface area is 79.0 Å². The second kappa shape index (κ2) is 3.38. The van der Waals surface area contributed by atoms with Crippen molar-refractivity contribution in [3.8, 4) is 0 Å². The fraction of sp³-hybridized carbons (Fsp3) is 0.455. The second-order valence-electron chi connectivity index (χ2n) is 3.77. The van der Waals surface area contributed by atoms with Crippen LogP contribution in [0, 0.1) is 5.92 Å². The maximum atomic E-state index is 5.60. The summed E-state index contributed by atoms with van der Waals surface area (Å²) in [5.74, 6) is 0.521. The van der Waals surface area contributed by atoms with Gasteiger partial charge < -0.3 is 10.1 Å². The van der Waals surface area contributed by atoms with Crippen LogP contribution in [0.15, 0.2) is 35.6 Å². The number of hydrogen-bond acceptors (Lipinski definition) is 2. The molecule has 2 rings (SSSR count). The first-order valence-corrected chi connectivity index (χ1v) is 4.73. The minimum absolute atomic E-state index is 0.185. The van der Waals surface area contributed by atoms with Crippen LogP contribution in [-0.2, 0) is 4.74 Å². The highest BCUT2D eigenvalue weighted by atomic mass is 16.5. The molecule has 1 atom stereocenters. The minimum Gasteiger partial charge on any atom is -0.361 e. The van der Waals surface area contributed by atoms with Gasteiger partial charge in [-0.25, -0.2) is 0 Å². The highest BCUT2D eigenvalue weighted by Gasteiger charge is 2.23. The van der Waals surface area contributed by atoms with Crippen molar-refractivity contribution in [1.82, 2.24) is 5.32 Å². The zero-order valence-corrected chi connectivity index (χ0v) is 8.08. The Morgan fingerprint density at radius 2 is 2.08 bits per heavy atom.